The summed E-state index contributed by atoms with van der Waals surface area (Å²) in [5, 5.41) is 9.64. The Kier molecular flexibility index (Phi) is 7.13. The summed E-state index contributed by atoms with van der Waals surface area (Å²) in [5.41, 5.74) is 4.57. The highest BCUT2D eigenvalue weighted by Crippen LogP contribution is 2.17. The Morgan fingerprint density at radius 2 is 1.78 bits per heavy atom. The van der Waals surface area contributed by atoms with Crippen LogP contribution >= 0.6 is 0 Å². The summed E-state index contributed by atoms with van der Waals surface area (Å²) >= 11 is 0. The zero-order chi connectivity index (χ0) is 17.4. The molecule has 0 unspecified atom stereocenters. The van der Waals surface area contributed by atoms with Crippen molar-refractivity contribution in [2.45, 2.75) is 34.6 Å². The molecule has 0 radical (unpaired) electrons. The summed E-state index contributed by atoms with van der Waals surface area (Å²) in [6.07, 6.45) is 1.73. The van der Waals surface area contributed by atoms with Gasteiger partial charge >= 0.3 is 0 Å². The second-order valence-electron chi connectivity index (χ2n) is 4.91. The Labute approximate surface area is 138 Å². The second kappa shape index (κ2) is 8.83. The van der Waals surface area contributed by atoms with Crippen LogP contribution < -0.4 is 0 Å². The maximum atomic E-state index is 9.64. The van der Waals surface area contributed by atoms with Crippen molar-refractivity contribution >= 4 is 11.5 Å². The number of pyridine rings is 1. The van der Waals surface area contributed by atoms with Crippen molar-refractivity contribution < 1.29 is 5.11 Å². The van der Waals surface area contributed by atoms with E-state index in [1.54, 1.807) is 25.4 Å². The molecule has 0 fully saturated rings. The summed E-state index contributed by atoms with van der Waals surface area (Å²) in [5.74, 6) is 0.822. The van der Waals surface area contributed by atoms with Crippen molar-refractivity contribution in [3.8, 4) is 5.75 Å². The van der Waals surface area contributed by atoms with E-state index in [2.05, 4.69) is 15.0 Å². The van der Waals surface area contributed by atoms with Gasteiger partial charge < -0.3 is 5.11 Å². The predicted molar refractivity (Wildman–Crippen MR) is 97.8 cm³/mol. The molecule has 1 heterocycles. The molecule has 122 valence electrons. The number of aromatic nitrogens is 1. The van der Waals surface area contributed by atoms with Gasteiger partial charge in [-0.05, 0) is 50.1 Å². The fourth-order valence-electron chi connectivity index (χ4n) is 2.15. The zero-order valence-corrected chi connectivity index (χ0v) is 14.8. The highest BCUT2D eigenvalue weighted by atomic mass is 16.3. The van der Waals surface area contributed by atoms with E-state index >= 15 is 0 Å². The molecule has 1 N–H and O–H groups in total. The van der Waals surface area contributed by atoms with Crippen molar-refractivity contribution in [3.05, 3.63) is 58.9 Å². The minimum atomic E-state index is 0.231. The van der Waals surface area contributed by atoms with E-state index in [4.69, 9.17) is 0 Å². The average molecular weight is 311 g/mol. The number of aliphatic imine (C=N–C) groups is 2. The van der Waals surface area contributed by atoms with Crippen LogP contribution in [0.5, 0.6) is 5.75 Å². The fraction of sp³-hybridized carbons (Fsp3) is 0.316. The molecule has 4 nitrogen and oxygen atoms in total. The molecule has 0 bridgehead atoms. The molecule has 0 aliphatic heterocycles. The van der Waals surface area contributed by atoms with Crippen LogP contribution in [0.4, 0.5) is 0 Å². The van der Waals surface area contributed by atoms with Crippen molar-refractivity contribution in [1.29, 1.82) is 0 Å². The van der Waals surface area contributed by atoms with Crippen molar-refractivity contribution in [2.24, 2.45) is 9.98 Å². The molecule has 23 heavy (non-hydrogen) atoms. The van der Waals surface area contributed by atoms with Gasteiger partial charge in [-0.3, -0.25) is 9.98 Å². The van der Waals surface area contributed by atoms with E-state index in [-0.39, 0.29) is 5.75 Å². The Balaban J connectivity index is 0.00000127. The number of hydrogen-bond donors (Lipinski definition) is 1. The molecule has 0 amide bonds. The molecule has 0 aliphatic carbocycles. The molecule has 0 saturated carbocycles. The third-order valence-electron chi connectivity index (χ3n) is 3.32. The minimum Gasteiger partial charge on any atom is -0.508 e. The summed E-state index contributed by atoms with van der Waals surface area (Å²) in [6.45, 7) is 9.88. The maximum absolute atomic E-state index is 9.64. The van der Waals surface area contributed by atoms with E-state index in [9.17, 15) is 5.11 Å². The first-order valence-electron chi connectivity index (χ1n) is 7.77. The molecule has 0 spiro atoms. The van der Waals surface area contributed by atoms with Crippen LogP contribution in [0.25, 0.3) is 0 Å². The molecule has 0 atom stereocenters. The fourth-order valence-corrected chi connectivity index (χ4v) is 2.15. The first-order valence-corrected chi connectivity index (χ1v) is 7.77. The van der Waals surface area contributed by atoms with Crippen LogP contribution in [0.2, 0.25) is 0 Å². The summed E-state index contributed by atoms with van der Waals surface area (Å²) in [7, 11) is 1.70. The lowest BCUT2D eigenvalue weighted by Crippen LogP contribution is -2.08. The first kappa shape index (κ1) is 18.6. The monoisotopic (exact) mass is 311 g/mol. The van der Waals surface area contributed by atoms with E-state index in [1.165, 1.54) is 0 Å². The van der Waals surface area contributed by atoms with E-state index in [1.807, 2.05) is 52.8 Å². The predicted octanol–water partition coefficient (Wildman–Crippen LogP) is 4.32. The van der Waals surface area contributed by atoms with Crippen LogP contribution in [-0.4, -0.2) is 28.7 Å². The number of phenols is 1. The average Bonchev–Trinajstić information content (AvgIpc) is 2.57. The van der Waals surface area contributed by atoms with Crippen LogP contribution in [0.3, 0.4) is 0 Å². The molecule has 0 aliphatic rings. The first-order chi connectivity index (χ1) is 11.0. The number of amidine groups is 1. The molecule has 1 aromatic carbocycles. The van der Waals surface area contributed by atoms with Gasteiger partial charge in [0.05, 0.1) is 0 Å². The lowest BCUT2D eigenvalue weighted by atomic mass is 10.0. The number of aryl methyl sites for hydroxylation is 2. The molecule has 1 aromatic heterocycles. The van der Waals surface area contributed by atoms with Gasteiger partial charge in [-0.15, -0.1) is 0 Å². The van der Waals surface area contributed by atoms with Crippen molar-refractivity contribution in [3.63, 3.8) is 0 Å². The molecular weight excluding hydrogens is 286 g/mol. The Bertz CT molecular complexity index is 718. The largest absolute Gasteiger partial charge is 0.508 e. The summed E-state index contributed by atoms with van der Waals surface area (Å²) in [6, 6.07) is 9.13. The number of hydrogen-bond acceptors (Lipinski definition) is 3. The summed E-state index contributed by atoms with van der Waals surface area (Å²) < 4.78 is 0. The second-order valence-corrected chi connectivity index (χ2v) is 4.91. The molecule has 2 aromatic rings. The molecular formula is C19H25N3O. The Morgan fingerprint density at radius 1 is 1.09 bits per heavy atom. The number of phenolic OH excluding ortho intramolecular Hbond substituents is 1. The van der Waals surface area contributed by atoms with Gasteiger partial charge in [0.25, 0.3) is 0 Å². The van der Waals surface area contributed by atoms with Gasteiger partial charge in [0.15, 0.2) is 5.84 Å². The van der Waals surface area contributed by atoms with Crippen LogP contribution in [0.15, 0.2) is 46.5 Å². The van der Waals surface area contributed by atoms with Gasteiger partial charge in [-0.2, -0.15) is 0 Å². The van der Waals surface area contributed by atoms with Gasteiger partial charge in [0.1, 0.15) is 11.4 Å². The topological polar surface area (TPSA) is 57.8 Å². The number of aromatic hydroxyl groups is 1. The molecule has 2 rings (SSSR count). The smallest absolute Gasteiger partial charge is 0.173 e. The lowest BCUT2D eigenvalue weighted by molar-refractivity contribution is 0.475. The lowest BCUT2D eigenvalue weighted by Gasteiger charge is -2.08. The number of nitrogens with zero attached hydrogens (tertiary/aromatic N) is 3. The maximum Gasteiger partial charge on any atom is 0.173 e. The van der Waals surface area contributed by atoms with Crippen LogP contribution in [0, 0.1) is 13.8 Å². The van der Waals surface area contributed by atoms with Crippen LogP contribution in [-0.2, 0) is 0 Å². The molecule has 0 saturated heterocycles. The Hall–Kier alpha value is -2.49. The van der Waals surface area contributed by atoms with Gasteiger partial charge in [-0.1, -0.05) is 26.0 Å². The normalized spacial score (nSPS) is 11.7. The van der Waals surface area contributed by atoms with E-state index in [0.717, 1.165) is 28.1 Å². The SMILES string of the molecule is CC.CN=C(N=C(C)c1cc(O)ccc1C)c1ncccc1C. The molecule has 4 heteroatoms. The third-order valence-corrected chi connectivity index (χ3v) is 3.32. The van der Waals surface area contributed by atoms with Crippen molar-refractivity contribution in [1.82, 2.24) is 4.98 Å². The van der Waals surface area contributed by atoms with Gasteiger partial charge in [0, 0.05) is 24.5 Å². The highest BCUT2D eigenvalue weighted by molar-refractivity contribution is 6.11. The number of benzene rings is 1. The Morgan fingerprint density at radius 3 is 2.39 bits per heavy atom. The highest BCUT2D eigenvalue weighted by Gasteiger charge is 2.09. The standard InChI is InChI=1S/C17H19N3O.C2H6/c1-11-7-8-14(21)10-15(11)13(3)20-17(18-4)16-12(2)6-5-9-19-16;1-2/h5-10,21H,1-4H3;1-2H3. The zero-order valence-electron chi connectivity index (χ0n) is 14.8. The summed E-state index contributed by atoms with van der Waals surface area (Å²) in [4.78, 5) is 13.2. The third kappa shape index (κ3) is 4.74. The van der Waals surface area contributed by atoms with E-state index < -0.39 is 0 Å². The minimum absolute atomic E-state index is 0.231. The van der Waals surface area contributed by atoms with Gasteiger partial charge in [0.2, 0.25) is 0 Å². The van der Waals surface area contributed by atoms with Crippen molar-refractivity contribution in [2.75, 3.05) is 7.05 Å². The van der Waals surface area contributed by atoms with E-state index in [0.29, 0.717) is 5.84 Å². The van der Waals surface area contributed by atoms with Crippen LogP contribution in [0.1, 0.15) is 43.2 Å². The number of rotatable bonds is 2. The quantitative estimate of drug-likeness (QED) is 0.663. The van der Waals surface area contributed by atoms with Gasteiger partial charge in [-0.25, -0.2) is 4.99 Å².